The van der Waals surface area contributed by atoms with Gasteiger partial charge in [0.1, 0.15) is 19.4 Å². The third kappa shape index (κ3) is 3.83. The Kier molecular flexibility index (Phi) is 5.24. The van der Waals surface area contributed by atoms with Crippen LogP contribution in [0.5, 0.6) is 0 Å². The number of carbonyl (C=O) groups excluding carboxylic acids is 1. The zero-order valence-corrected chi connectivity index (χ0v) is 16.0. The number of nitrogens with one attached hydrogen (secondary N) is 1. The summed E-state index contributed by atoms with van der Waals surface area (Å²) in [5, 5.41) is 2.87. The fraction of sp³-hybridized carbons (Fsp3) is 0.333. The molecule has 0 saturated heterocycles. The van der Waals surface area contributed by atoms with Crippen molar-refractivity contribution < 1.29 is 4.79 Å². The van der Waals surface area contributed by atoms with Crippen LogP contribution in [-0.4, -0.2) is 49.6 Å². The van der Waals surface area contributed by atoms with Crippen LogP contribution < -0.4 is 15.7 Å². The van der Waals surface area contributed by atoms with Crippen LogP contribution in [-0.2, 0) is 17.6 Å². The van der Waals surface area contributed by atoms with Crippen molar-refractivity contribution in [2.75, 3.05) is 30.4 Å². The van der Waals surface area contributed by atoms with Crippen molar-refractivity contribution in [1.29, 1.82) is 0 Å². The molecule has 4 rings (SSSR count). The molecule has 0 fully saturated rings. The van der Waals surface area contributed by atoms with Crippen molar-refractivity contribution >= 4 is 36.4 Å². The molecule has 2 radical (unpaired) electrons. The molecule has 2 aliphatic rings. The quantitative estimate of drug-likeness (QED) is 0.811. The smallest absolute Gasteiger partial charge is 0.243 e. The number of nitrogens with zero attached hydrogens (tertiary/aromatic N) is 4. The van der Waals surface area contributed by atoms with Crippen molar-refractivity contribution in [2.45, 2.75) is 25.7 Å². The number of dihydropyridines is 1. The van der Waals surface area contributed by atoms with Gasteiger partial charge < -0.3 is 10.2 Å². The Morgan fingerprint density at radius 1 is 1.25 bits per heavy atom. The van der Waals surface area contributed by atoms with E-state index in [1.54, 1.807) is 12.1 Å². The van der Waals surface area contributed by atoms with E-state index in [1.807, 2.05) is 30.2 Å². The van der Waals surface area contributed by atoms with Gasteiger partial charge in [0.2, 0.25) is 5.91 Å². The molecule has 2 aromatic rings. The summed E-state index contributed by atoms with van der Waals surface area (Å²) in [7, 11) is 7.80. The van der Waals surface area contributed by atoms with Crippen LogP contribution in [0.25, 0.3) is 0 Å². The fourth-order valence-electron chi connectivity index (χ4n) is 3.59. The maximum Gasteiger partial charge on any atom is 0.243 e. The molecule has 1 amide bonds. The third-order valence-corrected chi connectivity index (χ3v) is 4.97. The van der Waals surface area contributed by atoms with Gasteiger partial charge in [0.15, 0.2) is 5.82 Å². The normalized spacial score (nSPS) is 15.1. The molecule has 1 N–H and O–H groups in total. The van der Waals surface area contributed by atoms with Gasteiger partial charge in [-0.1, -0.05) is 29.7 Å². The number of hydrogen-bond acceptors (Lipinski definition) is 5. The van der Waals surface area contributed by atoms with E-state index in [2.05, 4.69) is 16.4 Å². The lowest BCUT2D eigenvalue weighted by molar-refractivity contribution is -0.114. The van der Waals surface area contributed by atoms with Crippen LogP contribution in [0.1, 0.15) is 29.9 Å². The standard InChI is InChI=1S/C21H22BN5O/c1-27(13-19(28)24-17-9-3-2-8-15(17)22)21-14-7-6-11-16(14)25-20(26-21)18-10-4-5-12-23-18/h2-4,8-10H,5-7,11-13H2,1H3,(H,24,28). The number of benzene rings is 1. The minimum absolute atomic E-state index is 0.137. The first-order chi connectivity index (χ1) is 13.6. The highest BCUT2D eigenvalue weighted by atomic mass is 16.2. The Labute approximate surface area is 166 Å². The lowest BCUT2D eigenvalue weighted by atomic mass is 9.94. The summed E-state index contributed by atoms with van der Waals surface area (Å²) in [6.07, 6.45) is 7.96. The monoisotopic (exact) mass is 371 g/mol. The van der Waals surface area contributed by atoms with Crippen molar-refractivity contribution in [1.82, 2.24) is 9.97 Å². The van der Waals surface area contributed by atoms with E-state index in [-0.39, 0.29) is 12.5 Å². The number of anilines is 2. The topological polar surface area (TPSA) is 70.5 Å². The molecule has 0 bridgehead atoms. The number of likely N-dealkylation sites (N-methyl/N-ethyl adjacent to an activating group) is 1. The summed E-state index contributed by atoms with van der Waals surface area (Å²) < 4.78 is 0. The SMILES string of the molecule is [B]c1ccccc1NC(=O)CN(C)c1nc(C2=NCCC=C2)nc2c1CCC2. The van der Waals surface area contributed by atoms with Gasteiger partial charge >= 0.3 is 0 Å². The average Bonchev–Trinajstić information content (AvgIpc) is 3.18. The van der Waals surface area contributed by atoms with Crippen LogP contribution in [0, 0.1) is 0 Å². The first-order valence-electron chi connectivity index (χ1n) is 9.58. The number of rotatable bonds is 5. The number of carbonyl (C=O) groups is 1. The second kappa shape index (κ2) is 7.96. The van der Waals surface area contributed by atoms with Gasteiger partial charge in [0.05, 0.1) is 6.54 Å². The van der Waals surface area contributed by atoms with Gasteiger partial charge in [-0.2, -0.15) is 0 Å². The van der Waals surface area contributed by atoms with E-state index >= 15 is 0 Å². The molecular formula is C21H22BN5O. The van der Waals surface area contributed by atoms with Crippen molar-refractivity contribution in [2.24, 2.45) is 4.99 Å². The summed E-state index contributed by atoms with van der Waals surface area (Å²) in [6, 6.07) is 7.24. The van der Waals surface area contributed by atoms with E-state index in [4.69, 9.17) is 17.8 Å². The minimum Gasteiger partial charge on any atom is -0.350 e. The minimum atomic E-state index is -0.137. The van der Waals surface area contributed by atoms with Gasteiger partial charge in [0, 0.05) is 30.5 Å². The zero-order chi connectivity index (χ0) is 19.5. The van der Waals surface area contributed by atoms with Crippen LogP contribution in [0.4, 0.5) is 11.5 Å². The van der Waals surface area contributed by atoms with E-state index in [1.165, 1.54) is 0 Å². The predicted molar refractivity (Wildman–Crippen MR) is 113 cm³/mol. The van der Waals surface area contributed by atoms with Crippen LogP contribution in [0.15, 0.2) is 41.4 Å². The number of hydrogen-bond donors (Lipinski definition) is 1. The number of aliphatic imine (C=N–C) groups is 1. The van der Waals surface area contributed by atoms with Gasteiger partial charge in [0.25, 0.3) is 0 Å². The maximum absolute atomic E-state index is 12.5. The van der Waals surface area contributed by atoms with E-state index in [9.17, 15) is 4.79 Å². The maximum atomic E-state index is 12.5. The van der Waals surface area contributed by atoms with E-state index in [0.717, 1.165) is 55.0 Å². The number of para-hydroxylation sites is 1. The molecule has 1 aliphatic heterocycles. The highest BCUT2D eigenvalue weighted by molar-refractivity contribution is 6.36. The van der Waals surface area contributed by atoms with Gasteiger partial charge in [-0.3, -0.25) is 9.79 Å². The lowest BCUT2D eigenvalue weighted by Gasteiger charge is -2.22. The van der Waals surface area contributed by atoms with E-state index < -0.39 is 0 Å². The number of amides is 1. The fourth-order valence-corrected chi connectivity index (χ4v) is 3.59. The largest absolute Gasteiger partial charge is 0.350 e. The summed E-state index contributed by atoms with van der Waals surface area (Å²) in [6.45, 7) is 0.942. The highest BCUT2D eigenvalue weighted by Gasteiger charge is 2.24. The molecule has 0 atom stereocenters. The summed E-state index contributed by atoms with van der Waals surface area (Å²) >= 11 is 0. The zero-order valence-electron chi connectivity index (χ0n) is 16.0. The van der Waals surface area contributed by atoms with Gasteiger partial charge in [-0.05, 0) is 37.8 Å². The Balaban J connectivity index is 1.56. The first-order valence-corrected chi connectivity index (χ1v) is 9.58. The lowest BCUT2D eigenvalue weighted by Crippen LogP contribution is -2.33. The second-order valence-corrected chi connectivity index (χ2v) is 7.10. The molecule has 0 saturated carbocycles. The molecular weight excluding hydrogens is 349 g/mol. The highest BCUT2D eigenvalue weighted by Crippen LogP contribution is 2.28. The summed E-state index contributed by atoms with van der Waals surface area (Å²) in [5.74, 6) is 1.32. The molecule has 28 heavy (non-hydrogen) atoms. The third-order valence-electron chi connectivity index (χ3n) is 4.97. The van der Waals surface area contributed by atoms with Gasteiger partial charge in [-0.15, -0.1) is 0 Å². The molecule has 1 aliphatic carbocycles. The van der Waals surface area contributed by atoms with E-state index in [0.29, 0.717) is 17.0 Å². The molecule has 140 valence electrons. The Bertz CT molecular complexity index is 969. The van der Waals surface area contributed by atoms with Crippen molar-refractivity contribution in [3.8, 4) is 0 Å². The number of aromatic nitrogens is 2. The number of aryl methyl sites for hydroxylation is 1. The first kappa shape index (κ1) is 18.4. The Hall–Kier alpha value is -2.96. The summed E-state index contributed by atoms with van der Waals surface area (Å²) in [5.41, 5.74) is 4.19. The molecule has 1 aromatic carbocycles. The van der Waals surface area contributed by atoms with Crippen LogP contribution in [0.3, 0.4) is 0 Å². The van der Waals surface area contributed by atoms with Crippen molar-refractivity contribution in [3.05, 3.63) is 53.5 Å². The van der Waals surface area contributed by atoms with Crippen LogP contribution >= 0.6 is 0 Å². The molecule has 0 unspecified atom stereocenters. The van der Waals surface area contributed by atoms with Crippen molar-refractivity contribution in [3.63, 3.8) is 0 Å². The Morgan fingerprint density at radius 3 is 2.89 bits per heavy atom. The summed E-state index contributed by atoms with van der Waals surface area (Å²) in [4.78, 5) is 28.5. The van der Waals surface area contributed by atoms with Gasteiger partial charge in [-0.25, -0.2) is 9.97 Å². The predicted octanol–water partition coefficient (Wildman–Crippen LogP) is 1.58. The molecule has 7 heteroatoms. The number of allylic oxidation sites excluding steroid dienone is 1. The average molecular weight is 371 g/mol. The second-order valence-electron chi connectivity index (χ2n) is 7.10. The molecule has 1 aromatic heterocycles. The molecule has 6 nitrogen and oxygen atoms in total. The molecule has 2 heterocycles. The number of fused-ring (bicyclic) bond motifs is 1. The molecule has 0 spiro atoms. The van der Waals surface area contributed by atoms with Crippen LogP contribution in [0.2, 0.25) is 0 Å². The Morgan fingerprint density at radius 2 is 2.11 bits per heavy atom.